The molecule has 0 rings (SSSR count). The molecule has 73 heavy (non-hydrogen) atoms. The van der Waals surface area contributed by atoms with Crippen LogP contribution in [0.3, 0.4) is 0 Å². The minimum Gasteiger partial charge on any atom is -0.462 e. The zero-order valence-corrected chi connectivity index (χ0v) is 46.1. The molecule has 0 radical (unpaired) electrons. The summed E-state index contributed by atoms with van der Waals surface area (Å²) in [7, 11) is 0. The van der Waals surface area contributed by atoms with Gasteiger partial charge in [0.25, 0.3) is 0 Å². The van der Waals surface area contributed by atoms with Crippen molar-refractivity contribution in [3.8, 4) is 0 Å². The van der Waals surface area contributed by atoms with E-state index in [0.717, 1.165) is 148 Å². The summed E-state index contributed by atoms with van der Waals surface area (Å²) >= 11 is 0. The van der Waals surface area contributed by atoms with E-state index in [-0.39, 0.29) is 38.0 Å². The lowest BCUT2D eigenvalue weighted by atomic mass is 10.1. The highest BCUT2D eigenvalue weighted by Gasteiger charge is 2.19. The van der Waals surface area contributed by atoms with E-state index in [2.05, 4.69) is 191 Å². The molecule has 1 unspecified atom stereocenters. The van der Waals surface area contributed by atoms with Crippen molar-refractivity contribution in [3.05, 3.63) is 182 Å². The number of hydrogen-bond donors (Lipinski definition) is 0. The van der Waals surface area contributed by atoms with Gasteiger partial charge in [-0.25, -0.2) is 0 Å². The first-order valence-corrected chi connectivity index (χ1v) is 28.3. The Morgan fingerprint density at radius 1 is 0.274 bits per heavy atom. The summed E-state index contributed by atoms with van der Waals surface area (Å²) < 4.78 is 16.7. The summed E-state index contributed by atoms with van der Waals surface area (Å²) in [6.45, 7) is 6.15. The zero-order chi connectivity index (χ0) is 52.9. The van der Waals surface area contributed by atoms with Gasteiger partial charge in [-0.1, -0.05) is 222 Å². The molecule has 0 N–H and O–H groups in total. The van der Waals surface area contributed by atoms with Crippen molar-refractivity contribution in [1.29, 1.82) is 0 Å². The lowest BCUT2D eigenvalue weighted by Crippen LogP contribution is -2.30. The quantitative estimate of drug-likeness (QED) is 0.0262. The van der Waals surface area contributed by atoms with Gasteiger partial charge in [-0.2, -0.15) is 0 Å². The molecule has 0 bridgehead atoms. The molecule has 0 fully saturated rings. The summed E-state index contributed by atoms with van der Waals surface area (Å²) in [5.41, 5.74) is 0. The molecule has 404 valence electrons. The number of ether oxygens (including phenoxy) is 3. The normalized spacial score (nSPS) is 13.5. The Labute approximate surface area is 446 Å². The minimum atomic E-state index is -0.856. The fraction of sp³-hybridized carbons (Fsp3) is 0.507. The molecule has 0 aliphatic rings. The molecule has 0 saturated carbocycles. The number of rotatable bonds is 48. The standard InChI is InChI=1S/C67H100O6/c1-4-7-10-13-16-19-22-25-28-30-32-33-35-36-39-42-45-48-51-54-57-60-66(69)72-63-64(62-71-65(68)59-56-53-50-47-44-41-38-27-24-21-18-15-12-9-6-3)73-67(70)61-58-55-52-49-46-43-40-37-34-31-29-26-23-20-17-14-11-8-5-2/h7-12,16-21,25-29,32-34,36-39,43-44,46-47,52,55,64H,4-6,13-15,22-24,30-31,35,40-42,45,48-51,53-54,56-63H2,1-3H3/b10-7-,11-8-,12-9-,19-16-,20-17-,21-18-,28-25-,29-26-,33-32-,37-34-,38-27-,39-36-,46-43-,47-44-,55-52-. The van der Waals surface area contributed by atoms with E-state index in [1.807, 2.05) is 12.2 Å². The number of unbranched alkanes of at least 4 members (excludes halogenated alkanes) is 7. The monoisotopic (exact) mass is 1000 g/mol. The molecule has 6 nitrogen and oxygen atoms in total. The first kappa shape index (κ1) is 67.5. The van der Waals surface area contributed by atoms with Crippen molar-refractivity contribution >= 4 is 17.9 Å². The number of allylic oxidation sites excluding steroid dienone is 30. The molecule has 0 aromatic rings. The second-order valence-electron chi connectivity index (χ2n) is 17.7. The Kier molecular flexibility index (Phi) is 54.6. The maximum absolute atomic E-state index is 12.8. The Hall–Kier alpha value is -5.49. The first-order valence-electron chi connectivity index (χ1n) is 28.3. The highest BCUT2D eigenvalue weighted by Crippen LogP contribution is 2.11. The second kappa shape index (κ2) is 59.1. The fourth-order valence-corrected chi connectivity index (χ4v) is 6.78. The van der Waals surface area contributed by atoms with Crippen LogP contribution in [0, 0.1) is 0 Å². The van der Waals surface area contributed by atoms with E-state index < -0.39 is 12.1 Å². The molecular weight excluding hydrogens is 901 g/mol. The number of carbonyl (C=O) groups excluding carboxylic acids is 3. The Balaban J connectivity index is 4.63. The van der Waals surface area contributed by atoms with E-state index in [4.69, 9.17) is 14.2 Å². The van der Waals surface area contributed by atoms with Crippen molar-refractivity contribution in [1.82, 2.24) is 0 Å². The van der Waals surface area contributed by atoms with Crippen LogP contribution in [0.4, 0.5) is 0 Å². The van der Waals surface area contributed by atoms with Crippen LogP contribution in [-0.2, 0) is 28.6 Å². The number of hydrogen-bond acceptors (Lipinski definition) is 6. The lowest BCUT2D eigenvalue weighted by molar-refractivity contribution is -0.166. The maximum Gasteiger partial charge on any atom is 0.306 e. The van der Waals surface area contributed by atoms with E-state index >= 15 is 0 Å². The van der Waals surface area contributed by atoms with Gasteiger partial charge in [0.1, 0.15) is 13.2 Å². The van der Waals surface area contributed by atoms with Crippen LogP contribution in [0.1, 0.15) is 201 Å². The van der Waals surface area contributed by atoms with Crippen molar-refractivity contribution < 1.29 is 28.6 Å². The van der Waals surface area contributed by atoms with Gasteiger partial charge in [-0.15, -0.1) is 0 Å². The van der Waals surface area contributed by atoms with Crippen molar-refractivity contribution in [2.24, 2.45) is 0 Å². The molecular formula is C67H100O6. The Bertz CT molecular complexity index is 1770. The van der Waals surface area contributed by atoms with Crippen LogP contribution in [0.25, 0.3) is 0 Å². The van der Waals surface area contributed by atoms with Gasteiger partial charge in [0.2, 0.25) is 0 Å². The second-order valence-corrected chi connectivity index (χ2v) is 17.7. The Morgan fingerprint density at radius 3 is 0.849 bits per heavy atom. The SMILES string of the molecule is CC/C=C\C/C=C\C/C=C\C/C=C\C/C=C\C/C=C\CCC(=O)OC(COC(=O)CCCC/C=C\C/C=C\C/C=C\C/C=C\CC)COC(=O)CCCCCCC/C=C\C/C=C\C/C=C\C/C=C\C/C=C\CC. The average molecular weight is 1000 g/mol. The molecule has 0 saturated heterocycles. The molecule has 0 aromatic heterocycles. The first-order chi connectivity index (χ1) is 36.0. The predicted molar refractivity (Wildman–Crippen MR) is 315 cm³/mol. The summed E-state index contributed by atoms with van der Waals surface area (Å²) in [5.74, 6) is -1.10. The van der Waals surface area contributed by atoms with E-state index in [9.17, 15) is 14.4 Å². The smallest absolute Gasteiger partial charge is 0.306 e. The van der Waals surface area contributed by atoms with E-state index in [0.29, 0.717) is 19.3 Å². The van der Waals surface area contributed by atoms with E-state index in [1.165, 1.54) is 0 Å². The molecule has 0 spiro atoms. The van der Waals surface area contributed by atoms with Crippen LogP contribution >= 0.6 is 0 Å². The maximum atomic E-state index is 12.8. The van der Waals surface area contributed by atoms with Gasteiger partial charge in [0, 0.05) is 19.3 Å². The third-order valence-corrected chi connectivity index (χ3v) is 10.9. The summed E-state index contributed by atoms with van der Waals surface area (Å²) in [4.78, 5) is 38.1. The van der Waals surface area contributed by atoms with Crippen molar-refractivity contribution in [2.75, 3.05) is 13.2 Å². The van der Waals surface area contributed by atoms with Gasteiger partial charge in [-0.3, -0.25) is 14.4 Å². The zero-order valence-electron chi connectivity index (χ0n) is 46.1. The summed E-state index contributed by atoms with van der Waals surface area (Å²) in [6.07, 6.45) is 88.9. The highest BCUT2D eigenvalue weighted by molar-refractivity contribution is 5.71. The summed E-state index contributed by atoms with van der Waals surface area (Å²) in [6, 6.07) is 0. The van der Waals surface area contributed by atoms with Gasteiger partial charge in [0.05, 0.1) is 0 Å². The average Bonchev–Trinajstić information content (AvgIpc) is 3.39. The number of esters is 3. The van der Waals surface area contributed by atoms with Crippen LogP contribution < -0.4 is 0 Å². The molecule has 6 heteroatoms. The van der Waals surface area contributed by atoms with Crippen LogP contribution in [-0.4, -0.2) is 37.2 Å². The van der Waals surface area contributed by atoms with Gasteiger partial charge < -0.3 is 14.2 Å². The molecule has 0 aliphatic carbocycles. The van der Waals surface area contributed by atoms with Crippen molar-refractivity contribution in [3.63, 3.8) is 0 Å². The highest BCUT2D eigenvalue weighted by atomic mass is 16.6. The van der Waals surface area contributed by atoms with E-state index in [1.54, 1.807) is 0 Å². The van der Waals surface area contributed by atoms with Crippen LogP contribution in [0.2, 0.25) is 0 Å². The number of carbonyl (C=O) groups is 3. The molecule has 0 aliphatic heterocycles. The van der Waals surface area contributed by atoms with Crippen LogP contribution in [0.5, 0.6) is 0 Å². The summed E-state index contributed by atoms with van der Waals surface area (Å²) in [5, 5.41) is 0. The molecule has 0 heterocycles. The fourth-order valence-electron chi connectivity index (χ4n) is 6.78. The van der Waals surface area contributed by atoms with Crippen LogP contribution in [0.15, 0.2) is 182 Å². The molecule has 0 amide bonds. The van der Waals surface area contributed by atoms with Gasteiger partial charge in [0.15, 0.2) is 6.10 Å². The third kappa shape index (κ3) is 57.3. The molecule has 1 atom stereocenters. The topological polar surface area (TPSA) is 78.9 Å². The molecule has 0 aromatic carbocycles. The minimum absolute atomic E-state index is 0.142. The predicted octanol–water partition coefficient (Wildman–Crippen LogP) is 19.3. The Morgan fingerprint density at radius 2 is 0.521 bits per heavy atom. The van der Waals surface area contributed by atoms with Crippen molar-refractivity contribution in [2.45, 2.75) is 207 Å². The van der Waals surface area contributed by atoms with Gasteiger partial charge in [-0.05, 0) is 141 Å². The largest absolute Gasteiger partial charge is 0.462 e. The van der Waals surface area contributed by atoms with Gasteiger partial charge >= 0.3 is 17.9 Å². The lowest BCUT2D eigenvalue weighted by Gasteiger charge is -2.18. The third-order valence-electron chi connectivity index (χ3n) is 10.9.